The van der Waals surface area contributed by atoms with E-state index in [-0.39, 0.29) is 0 Å². The van der Waals surface area contributed by atoms with Crippen molar-refractivity contribution in [1.29, 1.82) is 0 Å². The zero-order chi connectivity index (χ0) is 13.7. The third-order valence-corrected chi connectivity index (χ3v) is 6.74. The van der Waals surface area contributed by atoms with Gasteiger partial charge in [-0.15, -0.1) is 0 Å². The van der Waals surface area contributed by atoms with Crippen molar-refractivity contribution < 1.29 is 4.74 Å². The molecule has 0 aromatic heterocycles. The first-order chi connectivity index (χ1) is 8.97. The lowest BCUT2D eigenvalue weighted by Crippen LogP contribution is -2.41. The maximum Gasteiger partial charge on any atom is 0.0701 e. The Kier molecular flexibility index (Phi) is 3.46. The Morgan fingerprint density at radius 2 is 1.95 bits per heavy atom. The maximum atomic E-state index is 6.55. The van der Waals surface area contributed by atoms with Gasteiger partial charge in [-0.2, -0.15) is 0 Å². The summed E-state index contributed by atoms with van der Waals surface area (Å²) in [6.45, 7) is 10.7. The molecule has 0 heterocycles. The fourth-order valence-corrected chi connectivity index (χ4v) is 4.44. The van der Waals surface area contributed by atoms with E-state index >= 15 is 0 Å². The summed E-state index contributed by atoms with van der Waals surface area (Å²) in [6.07, 6.45) is 8.85. The molecule has 4 atom stereocenters. The topological polar surface area (TPSA) is 21.3 Å². The Morgan fingerprint density at radius 1 is 1.21 bits per heavy atom. The minimum absolute atomic E-state index is 0.407. The molecule has 0 radical (unpaired) electrons. The quantitative estimate of drug-likeness (QED) is 0.790. The lowest BCUT2D eigenvalue weighted by Gasteiger charge is -2.40. The van der Waals surface area contributed by atoms with Gasteiger partial charge in [0.15, 0.2) is 0 Å². The van der Waals surface area contributed by atoms with Gasteiger partial charge in [-0.3, -0.25) is 0 Å². The molecule has 3 rings (SSSR count). The summed E-state index contributed by atoms with van der Waals surface area (Å²) >= 11 is 0. The molecule has 2 heteroatoms. The number of hydrogen-bond acceptors (Lipinski definition) is 2. The van der Waals surface area contributed by atoms with E-state index in [9.17, 15) is 0 Å². The molecule has 4 unspecified atom stereocenters. The first kappa shape index (κ1) is 13.9. The van der Waals surface area contributed by atoms with Crippen LogP contribution in [0.3, 0.4) is 0 Å². The average molecular weight is 265 g/mol. The van der Waals surface area contributed by atoms with Crippen molar-refractivity contribution in [3.63, 3.8) is 0 Å². The third kappa shape index (κ3) is 2.25. The van der Waals surface area contributed by atoms with Crippen molar-refractivity contribution in [3.8, 4) is 0 Å². The highest BCUT2D eigenvalue weighted by Gasteiger charge is 2.62. The highest BCUT2D eigenvalue weighted by Crippen LogP contribution is 2.66. The molecule has 0 saturated heterocycles. The zero-order valence-electron chi connectivity index (χ0n) is 13.2. The summed E-state index contributed by atoms with van der Waals surface area (Å²) in [7, 11) is 0. The van der Waals surface area contributed by atoms with Crippen LogP contribution in [0.5, 0.6) is 0 Å². The summed E-state index contributed by atoms with van der Waals surface area (Å²) in [4.78, 5) is 0. The van der Waals surface area contributed by atoms with Gasteiger partial charge in [0.25, 0.3) is 0 Å². The molecule has 3 aliphatic carbocycles. The van der Waals surface area contributed by atoms with Crippen LogP contribution in [0.2, 0.25) is 0 Å². The smallest absolute Gasteiger partial charge is 0.0701 e. The zero-order valence-corrected chi connectivity index (χ0v) is 13.2. The van der Waals surface area contributed by atoms with Crippen LogP contribution < -0.4 is 5.32 Å². The lowest BCUT2D eigenvalue weighted by atomic mass is 9.70. The molecule has 19 heavy (non-hydrogen) atoms. The van der Waals surface area contributed by atoms with Crippen LogP contribution in [0.15, 0.2) is 0 Å². The van der Waals surface area contributed by atoms with Crippen molar-refractivity contribution >= 4 is 0 Å². The summed E-state index contributed by atoms with van der Waals surface area (Å²) in [5.74, 6) is 0.886. The second-order valence-corrected chi connectivity index (χ2v) is 7.95. The summed E-state index contributed by atoms with van der Waals surface area (Å²) < 4.78 is 6.55. The van der Waals surface area contributed by atoms with E-state index in [1.165, 1.54) is 32.1 Å². The number of hydrogen-bond donors (Lipinski definition) is 1. The molecule has 0 aliphatic heterocycles. The Labute approximate surface area is 118 Å². The molecule has 0 amide bonds. The first-order valence-corrected chi connectivity index (χ1v) is 8.36. The summed E-state index contributed by atoms with van der Waals surface area (Å²) in [6, 6.07) is 0.796. The highest BCUT2D eigenvalue weighted by molar-refractivity contribution is 5.11. The molecular weight excluding hydrogens is 234 g/mol. The first-order valence-electron chi connectivity index (χ1n) is 8.36. The molecule has 2 nitrogen and oxygen atoms in total. The van der Waals surface area contributed by atoms with Gasteiger partial charge >= 0.3 is 0 Å². The fraction of sp³-hybridized carbons (Fsp3) is 1.00. The minimum Gasteiger partial charge on any atom is -0.373 e. The van der Waals surface area contributed by atoms with Crippen molar-refractivity contribution in [3.05, 3.63) is 0 Å². The van der Waals surface area contributed by atoms with Crippen molar-refractivity contribution in [1.82, 2.24) is 5.32 Å². The van der Waals surface area contributed by atoms with Crippen molar-refractivity contribution in [2.45, 2.75) is 84.5 Å². The summed E-state index contributed by atoms with van der Waals surface area (Å²) in [5.41, 5.74) is 0.880. The number of ether oxygens (including phenoxy) is 1. The predicted octanol–water partition coefficient (Wildman–Crippen LogP) is 3.75. The van der Waals surface area contributed by atoms with E-state index in [1.807, 2.05) is 0 Å². The third-order valence-electron chi connectivity index (χ3n) is 6.74. The molecule has 1 N–H and O–H groups in total. The second kappa shape index (κ2) is 4.73. The van der Waals surface area contributed by atoms with E-state index < -0.39 is 0 Å². The Bertz CT molecular complexity index is 336. The van der Waals surface area contributed by atoms with Gasteiger partial charge in [0, 0.05) is 12.6 Å². The van der Waals surface area contributed by atoms with Crippen LogP contribution in [-0.2, 0) is 4.74 Å². The van der Waals surface area contributed by atoms with Crippen LogP contribution in [0, 0.1) is 16.7 Å². The van der Waals surface area contributed by atoms with Crippen LogP contribution >= 0.6 is 0 Å². The van der Waals surface area contributed by atoms with E-state index in [0.29, 0.717) is 23.0 Å². The lowest BCUT2D eigenvalue weighted by molar-refractivity contribution is -0.0862. The van der Waals surface area contributed by atoms with Crippen LogP contribution in [0.4, 0.5) is 0 Å². The molecule has 0 aromatic carbocycles. The highest BCUT2D eigenvalue weighted by atomic mass is 16.5. The maximum absolute atomic E-state index is 6.55. The molecule has 0 aromatic rings. The van der Waals surface area contributed by atoms with Gasteiger partial charge in [-0.05, 0) is 55.3 Å². The minimum atomic E-state index is 0.407. The Balaban J connectivity index is 1.60. The van der Waals surface area contributed by atoms with Gasteiger partial charge in [-0.1, -0.05) is 27.7 Å². The van der Waals surface area contributed by atoms with E-state index in [4.69, 9.17) is 4.74 Å². The average Bonchev–Trinajstić information content (AvgIpc) is 3.14. The fourth-order valence-electron chi connectivity index (χ4n) is 4.44. The number of rotatable bonds is 6. The SMILES string of the molecule is CCC(CNC1CC1)OC1CC2CCC1(C)C2(C)C. The van der Waals surface area contributed by atoms with Gasteiger partial charge < -0.3 is 10.1 Å². The number of fused-ring (bicyclic) bond motifs is 2. The molecule has 3 aliphatic rings. The van der Waals surface area contributed by atoms with Crippen molar-refractivity contribution in [2.75, 3.05) is 6.54 Å². The molecular formula is C17H31NO. The van der Waals surface area contributed by atoms with Crippen molar-refractivity contribution in [2.24, 2.45) is 16.7 Å². The molecule has 110 valence electrons. The molecule has 3 saturated carbocycles. The van der Waals surface area contributed by atoms with Gasteiger partial charge in [-0.25, -0.2) is 0 Å². The van der Waals surface area contributed by atoms with E-state index in [2.05, 4.69) is 33.0 Å². The predicted molar refractivity (Wildman–Crippen MR) is 79.2 cm³/mol. The van der Waals surface area contributed by atoms with E-state index in [1.54, 1.807) is 0 Å². The normalized spacial score (nSPS) is 41.7. The summed E-state index contributed by atoms with van der Waals surface area (Å²) in [5, 5.41) is 3.63. The molecule has 3 fully saturated rings. The van der Waals surface area contributed by atoms with Crippen LogP contribution in [0.1, 0.15) is 66.2 Å². The standard InChI is InChI=1S/C17H31NO/c1-5-14(11-18-13-6-7-13)19-15-10-12-8-9-17(15,4)16(12,2)3/h12-15,18H,5-11H2,1-4H3. The Hall–Kier alpha value is -0.0800. The molecule has 0 spiro atoms. The van der Waals surface area contributed by atoms with Gasteiger partial charge in [0.05, 0.1) is 12.2 Å². The van der Waals surface area contributed by atoms with E-state index in [0.717, 1.165) is 24.9 Å². The largest absolute Gasteiger partial charge is 0.373 e. The molecule has 2 bridgehead atoms. The number of nitrogens with one attached hydrogen (secondary N) is 1. The van der Waals surface area contributed by atoms with Crippen LogP contribution in [0.25, 0.3) is 0 Å². The Morgan fingerprint density at radius 3 is 2.42 bits per heavy atom. The second-order valence-electron chi connectivity index (χ2n) is 7.95. The monoisotopic (exact) mass is 265 g/mol. The van der Waals surface area contributed by atoms with Gasteiger partial charge in [0.1, 0.15) is 0 Å². The van der Waals surface area contributed by atoms with Gasteiger partial charge in [0.2, 0.25) is 0 Å². The van der Waals surface area contributed by atoms with Crippen LogP contribution in [-0.4, -0.2) is 24.8 Å².